The first-order chi connectivity index (χ1) is 11.1. The molecular formula is C19H20N2O2. The van der Waals surface area contributed by atoms with Crippen LogP contribution < -0.4 is 5.32 Å². The van der Waals surface area contributed by atoms with Crippen LogP contribution in [-0.2, 0) is 0 Å². The fourth-order valence-electron chi connectivity index (χ4n) is 2.49. The smallest absolute Gasteiger partial charge is 0.251 e. The summed E-state index contributed by atoms with van der Waals surface area (Å²) in [6.45, 7) is 2.20. The van der Waals surface area contributed by atoms with Crippen LogP contribution in [0, 0.1) is 11.3 Å². The van der Waals surface area contributed by atoms with E-state index in [0.717, 1.165) is 5.56 Å². The molecule has 0 bridgehead atoms. The Kier molecular flexibility index (Phi) is 5.90. The third-order valence-electron chi connectivity index (χ3n) is 3.68. The van der Waals surface area contributed by atoms with Crippen LogP contribution in [0.2, 0.25) is 0 Å². The number of carbonyl (C=O) groups is 1. The van der Waals surface area contributed by atoms with Gasteiger partial charge in [0.1, 0.15) is 0 Å². The van der Waals surface area contributed by atoms with Crippen LogP contribution in [0.5, 0.6) is 0 Å². The standard InChI is InChI=1S/C19H20N2O2/c1-14(22)11-18(16-5-3-2-4-6-16)13-21-19(23)17-9-7-15(12-20)8-10-17/h2-10,14,18,22H,11,13H2,1H3,(H,21,23). The summed E-state index contributed by atoms with van der Waals surface area (Å²) in [5.74, 6) is -0.125. The maximum atomic E-state index is 12.2. The van der Waals surface area contributed by atoms with Gasteiger partial charge in [0.25, 0.3) is 5.91 Å². The summed E-state index contributed by atoms with van der Waals surface area (Å²) in [5.41, 5.74) is 2.14. The van der Waals surface area contributed by atoms with Crippen molar-refractivity contribution in [3.05, 3.63) is 71.3 Å². The molecular weight excluding hydrogens is 288 g/mol. The van der Waals surface area contributed by atoms with Crippen molar-refractivity contribution >= 4 is 5.91 Å². The van der Waals surface area contributed by atoms with E-state index in [4.69, 9.17) is 5.26 Å². The zero-order chi connectivity index (χ0) is 16.7. The minimum absolute atomic E-state index is 0.0542. The van der Waals surface area contributed by atoms with E-state index in [1.54, 1.807) is 31.2 Å². The van der Waals surface area contributed by atoms with Gasteiger partial charge in [-0.1, -0.05) is 30.3 Å². The second-order valence-electron chi connectivity index (χ2n) is 5.59. The molecule has 0 radical (unpaired) electrons. The molecule has 2 rings (SSSR count). The average molecular weight is 308 g/mol. The molecule has 2 aromatic rings. The molecule has 0 aliphatic rings. The van der Waals surface area contributed by atoms with Crippen molar-refractivity contribution < 1.29 is 9.90 Å². The van der Waals surface area contributed by atoms with E-state index in [-0.39, 0.29) is 11.8 Å². The Morgan fingerprint density at radius 1 is 1.17 bits per heavy atom. The van der Waals surface area contributed by atoms with Gasteiger partial charge >= 0.3 is 0 Å². The summed E-state index contributed by atoms with van der Waals surface area (Å²) in [6, 6.07) is 18.4. The molecule has 2 unspecified atom stereocenters. The van der Waals surface area contributed by atoms with Gasteiger partial charge < -0.3 is 10.4 Å². The molecule has 4 heteroatoms. The summed E-state index contributed by atoms with van der Waals surface area (Å²) >= 11 is 0. The third-order valence-corrected chi connectivity index (χ3v) is 3.68. The first-order valence-corrected chi connectivity index (χ1v) is 7.61. The number of aliphatic hydroxyl groups excluding tert-OH is 1. The fourth-order valence-corrected chi connectivity index (χ4v) is 2.49. The molecule has 0 aromatic heterocycles. The van der Waals surface area contributed by atoms with Gasteiger partial charge in [-0.3, -0.25) is 4.79 Å². The number of amides is 1. The molecule has 0 aliphatic carbocycles. The molecule has 2 N–H and O–H groups in total. The molecule has 1 amide bonds. The largest absolute Gasteiger partial charge is 0.393 e. The highest BCUT2D eigenvalue weighted by atomic mass is 16.3. The number of rotatable bonds is 6. The lowest BCUT2D eigenvalue weighted by Gasteiger charge is -2.19. The van der Waals surface area contributed by atoms with Crippen molar-refractivity contribution in [1.29, 1.82) is 5.26 Å². The first kappa shape index (κ1) is 16.7. The normalized spacial score (nSPS) is 12.9. The van der Waals surface area contributed by atoms with Crippen LogP contribution in [-0.4, -0.2) is 23.7 Å². The van der Waals surface area contributed by atoms with E-state index < -0.39 is 6.10 Å². The number of nitrogens with zero attached hydrogens (tertiary/aromatic N) is 1. The molecule has 118 valence electrons. The van der Waals surface area contributed by atoms with Gasteiger partial charge in [0.05, 0.1) is 17.7 Å². The summed E-state index contributed by atoms with van der Waals surface area (Å²) < 4.78 is 0. The number of nitriles is 1. The van der Waals surface area contributed by atoms with Crippen LogP contribution in [0.4, 0.5) is 0 Å². The van der Waals surface area contributed by atoms with Crippen molar-refractivity contribution in [2.75, 3.05) is 6.54 Å². The Hall–Kier alpha value is -2.64. The molecule has 4 nitrogen and oxygen atoms in total. The molecule has 0 fully saturated rings. The number of hydrogen-bond donors (Lipinski definition) is 2. The number of carbonyl (C=O) groups excluding carboxylic acids is 1. The van der Waals surface area contributed by atoms with Crippen molar-refractivity contribution in [3.63, 3.8) is 0 Å². The Labute approximate surface area is 136 Å². The third kappa shape index (κ3) is 4.94. The molecule has 0 saturated heterocycles. The Balaban J connectivity index is 2.02. The topological polar surface area (TPSA) is 73.1 Å². The molecule has 2 atom stereocenters. The van der Waals surface area contributed by atoms with Crippen molar-refractivity contribution in [2.45, 2.75) is 25.4 Å². The molecule has 23 heavy (non-hydrogen) atoms. The van der Waals surface area contributed by atoms with Crippen molar-refractivity contribution in [3.8, 4) is 6.07 Å². The highest BCUT2D eigenvalue weighted by Gasteiger charge is 2.16. The predicted molar refractivity (Wildman–Crippen MR) is 89.0 cm³/mol. The summed E-state index contributed by atoms with van der Waals surface area (Å²) in [5, 5.41) is 21.4. The molecule has 2 aromatic carbocycles. The SMILES string of the molecule is CC(O)CC(CNC(=O)c1ccc(C#N)cc1)c1ccccc1. The van der Waals surface area contributed by atoms with Gasteiger partial charge in [-0.15, -0.1) is 0 Å². The van der Waals surface area contributed by atoms with Crippen LogP contribution >= 0.6 is 0 Å². The van der Waals surface area contributed by atoms with E-state index in [2.05, 4.69) is 5.32 Å². The van der Waals surface area contributed by atoms with Gasteiger partial charge in [0.2, 0.25) is 0 Å². The molecule has 0 aliphatic heterocycles. The molecule has 0 spiro atoms. The van der Waals surface area contributed by atoms with E-state index in [1.165, 1.54) is 0 Å². The zero-order valence-corrected chi connectivity index (χ0v) is 13.1. The van der Waals surface area contributed by atoms with Crippen molar-refractivity contribution in [2.24, 2.45) is 0 Å². The number of aliphatic hydroxyl groups is 1. The van der Waals surface area contributed by atoms with Crippen LogP contribution in [0.25, 0.3) is 0 Å². The first-order valence-electron chi connectivity index (χ1n) is 7.61. The average Bonchev–Trinajstić information content (AvgIpc) is 2.59. The Morgan fingerprint density at radius 2 is 1.83 bits per heavy atom. The van der Waals surface area contributed by atoms with E-state index >= 15 is 0 Å². The molecule has 0 heterocycles. The maximum Gasteiger partial charge on any atom is 0.251 e. The second kappa shape index (κ2) is 8.11. The number of nitrogens with one attached hydrogen (secondary N) is 1. The summed E-state index contributed by atoms with van der Waals surface area (Å²) in [7, 11) is 0. The monoisotopic (exact) mass is 308 g/mol. The number of hydrogen-bond acceptors (Lipinski definition) is 3. The van der Waals surface area contributed by atoms with E-state index in [9.17, 15) is 9.90 Å². The highest BCUT2D eigenvalue weighted by molar-refractivity contribution is 5.94. The quantitative estimate of drug-likeness (QED) is 0.862. The lowest BCUT2D eigenvalue weighted by molar-refractivity contribution is 0.0945. The van der Waals surface area contributed by atoms with E-state index in [0.29, 0.717) is 24.1 Å². The molecule has 0 saturated carbocycles. The lowest BCUT2D eigenvalue weighted by Crippen LogP contribution is -2.29. The maximum absolute atomic E-state index is 12.2. The Morgan fingerprint density at radius 3 is 2.39 bits per heavy atom. The number of benzene rings is 2. The fraction of sp³-hybridized carbons (Fsp3) is 0.263. The van der Waals surface area contributed by atoms with Gasteiger partial charge in [-0.25, -0.2) is 0 Å². The van der Waals surface area contributed by atoms with Crippen LogP contribution in [0.3, 0.4) is 0 Å². The second-order valence-corrected chi connectivity index (χ2v) is 5.59. The summed E-state index contributed by atoms with van der Waals surface area (Å²) in [6.07, 6.45) is 0.143. The Bertz CT molecular complexity index is 673. The minimum atomic E-state index is -0.438. The highest BCUT2D eigenvalue weighted by Crippen LogP contribution is 2.20. The lowest BCUT2D eigenvalue weighted by atomic mass is 9.93. The van der Waals surface area contributed by atoms with Crippen LogP contribution in [0.15, 0.2) is 54.6 Å². The minimum Gasteiger partial charge on any atom is -0.393 e. The zero-order valence-electron chi connectivity index (χ0n) is 13.1. The predicted octanol–water partition coefficient (Wildman–Crippen LogP) is 2.84. The summed E-state index contributed by atoms with van der Waals surface area (Å²) in [4.78, 5) is 12.2. The van der Waals surface area contributed by atoms with E-state index in [1.807, 2.05) is 36.4 Å². The van der Waals surface area contributed by atoms with Crippen LogP contribution in [0.1, 0.15) is 40.7 Å². The van der Waals surface area contributed by atoms with Crippen molar-refractivity contribution in [1.82, 2.24) is 5.32 Å². The van der Waals surface area contributed by atoms with Gasteiger partial charge in [0, 0.05) is 18.0 Å². The van der Waals surface area contributed by atoms with Gasteiger partial charge in [-0.05, 0) is 43.2 Å². The van der Waals surface area contributed by atoms with Gasteiger partial charge in [-0.2, -0.15) is 5.26 Å². The van der Waals surface area contributed by atoms with Gasteiger partial charge in [0.15, 0.2) is 0 Å².